The number of halogens is 1. The van der Waals surface area contributed by atoms with Gasteiger partial charge in [0.25, 0.3) is 0 Å². The van der Waals surface area contributed by atoms with Crippen molar-refractivity contribution in [3.05, 3.63) is 17.7 Å². The molecule has 1 rings (SSSR count). The summed E-state index contributed by atoms with van der Waals surface area (Å²) >= 11 is 5.74. The van der Waals surface area contributed by atoms with Crippen molar-refractivity contribution in [1.82, 2.24) is 14.9 Å². The smallest absolute Gasteiger partial charge is 0.240 e. The fourth-order valence-corrected chi connectivity index (χ4v) is 1.31. The number of hydrogen-bond acceptors (Lipinski definition) is 2. The van der Waals surface area contributed by atoms with Gasteiger partial charge in [-0.05, 0) is 23.9 Å². The molecule has 1 aromatic rings. The maximum Gasteiger partial charge on any atom is 0.240 e. The summed E-state index contributed by atoms with van der Waals surface area (Å²) in [4.78, 5) is 15.3. The number of carbonyl (C=O) groups is 1. The summed E-state index contributed by atoms with van der Waals surface area (Å²) in [6.07, 6.45) is 4.25. The summed E-state index contributed by atoms with van der Waals surface area (Å²) in [6.45, 7) is 5.19. The zero-order valence-electron chi connectivity index (χ0n) is 9.03. The van der Waals surface area contributed by atoms with Crippen molar-refractivity contribution in [2.45, 2.75) is 26.8 Å². The Kier molecular flexibility index (Phi) is 4.62. The molecule has 0 aliphatic heterocycles. The van der Waals surface area contributed by atoms with E-state index in [0.29, 0.717) is 17.7 Å². The fraction of sp³-hybridized carbons (Fsp3) is 0.600. The van der Waals surface area contributed by atoms with Gasteiger partial charge in [-0.15, -0.1) is 0 Å². The van der Waals surface area contributed by atoms with Gasteiger partial charge in [0.05, 0.1) is 0 Å². The standard InChI is InChI=1S/C10H16ClN3O/c1-8(2)3-4-12-9(15)7-14-6-5-13-10(14)11/h5-6,8H,3-4,7H2,1-2H3,(H,12,15). The highest BCUT2D eigenvalue weighted by molar-refractivity contribution is 6.28. The molecule has 0 saturated carbocycles. The largest absolute Gasteiger partial charge is 0.355 e. The molecule has 1 heterocycles. The highest BCUT2D eigenvalue weighted by atomic mass is 35.5. The third-order valence-electron chi connectivity index (χ3n) is 2.02. The van der Waals surface area contributed by atoms with Crippen LogP contribution in [0.5, 0.6) is 0 Å². The van der Waals surface area contributed by atoms with Gasteiger partial charge >= 0.3 is 0 Å². The number of imidazole rings is 1. The normalized spacial score (nSPS) is 10.7. The summed E-state index contributed by atoms with van der Waals surface area (Å²) in [5.41, 5.74) is 0. The van der Waals surface area contributed by atoms with Gasteiger partial charge in [-0.3, -0.25) is 4.79 Å². The third-order valence-corrected chi connectivity index (χ3v) is 2.34. The Bertz CT molecular complexity index is 322. The van der Waals surface area contributed by atoms with Crippen molar-refractivity contribution in [2.75, 3.05) is 6.54 Å². The quantitative estimate of drug-likeness (QED) is 0.836. The minimum absolute atomic E-state index is 0.0319. The maximum absolute atomic E-state index is 11.4. The van der Waals surface area contributed by atoms with E-state index in [1.807, 2.05) is 0 Å². The molecule has 0 radical (unpaired) electrons. The van der Waals surface area contributed by atoms with E-state index in [9.17, 15) is 4.79 Å². The number of aromatic nitrogens is 2. The molecular weight excluding hydrogens is 214 g/mol. The van der Waals surface area contributed by atoms with Crippen LogP contribution in [-0.4, -0.2) is 22.0 Å². The Morgan fingerprint density at radius 1 is 1.67 bits per heavy atom. The summed E-state index contributed by atoms with van der Waals surface area (Å²) < 4.78 is 1.60. The van der Waals surface area contributed by atoms with Crippen LogP contribution in [0.4, 0.5) is 0 Å². The van der Waals surface area contributed by atoms with Gasteiger partial charge in [0.15, 0.2) is 0 Å². The number of nitrogens with zero attached hydrogens (tertiary/aromatic N) is 2. The van der Waals surface area contributed by atoms with Gasteiger partial charge in [0.2, 0.25) is 11.2 Å². The lowest BCUT2D eigenvalue weighted by Gasteiger charge is -2.07. The van der Waals surface area contributed by atoms with Gasteiger partial charge < -0.3 is 9.88 Å². The van der Waals surface area contributed by atoms with Gasteiger partial charge in [-0.25, -0.2) is 4.98 Å². The number of rotatable bonds is 5. The SMILES string of the molecule is CC(C)CCNC(=O)Cn1ccnc1Cl. The van der Waals surface area contributed by atoms with Crippen LogP contribution in [0.1, 0.15) is 20.3 Å². The van der Waals surface area contributed by atoms with Gasteiger partial charge in [0, 0.05) is 18.9 Å². The van der Waals surface area contributed by atoms with Crippen LogP contribution in [0.25, 0.3) is 0 Å². The highest BCUT2D eigenvalue weighted by Gasteiger charge is 2.05. The molecule has 0 aromatic carbocycles. The number of amides is 1. The molecule has 0 fully saturated rings. The second kappa shape index (κ2) is 5.75. The van der Waals surface area contributed by atoms with E-state index in [0.717, 1.165) is 6.42 Å². The molecule has 0 bridgehead atoms. The predicted molar refractivity (Wildman–Crippen MR) is 59.7 cm³/mol. The minimum Gasteiger partial charge on any atom is -0.355 e. The van der Waals surface area contributed by atoms with Crippen LogP contribution in [0.15, 0.2) is 12.4 Å². The first kappa shape index (κ1) is 12.0. The van der Waals surface area contributed by atoms with Crippen LogP contribution in [-0.2, 0) is 11.3 Å². The second-order valence-electron chi connectivity index (χ2n) is 3.86. The van der Waals surface area contributed by atoms with Crippen molar-refractivity contribution in [2.24, 2.45) is 5.92 Å². The van der Waals surface area contributed by atoms with Gasteiger partial charge in [0.1, 0.15) is 6.54 Å². The zero-order chi connectivity index (χ0) is 11.3. The minimum atomic E-state index is -0.0319. The monoisotopic (exact) mass is 229 g/mol. The lowest BCUT2D eigenvalue weighted by Crippen LogP contribution is -2.28. The van der Waals surface area contributed by atoms with Crippen LogP contribution < -0.4 is 5.32 Å². The lowest BCUT2D eigenvalue weighted by molar-refractivity contribution is -0.121. The average molecular weight is 230 g/mol. The van der Waals surface area contributed by atoms with Gasteiger partial charge in [-0.1, -0.05) is 13.8 Å². The van der Waals surface area contributed by atoms with Crippen molar-refractivity contribution in [3.8, 4) is 0 Å². The average Bonchev–Trinajstić information content (AvgIpc) is 2.51. The van der Waals surface area contributed by atoms with E-state index < -0.39 is 0 Å². The first-order valence-electron chi connectivity index (χ1n) is 5.03. The molecule has 1 amide bonds. The van der Waals surface area contributed by atoms with Crippen molar-refractivity contribution in [1.29, 1.82) is 0 Å². The Labute approximate surface area is 94.6 Å². The molecule has 84 valence electrons. The lowest BCUT2D eigenvalue weighted by atomic mass is 10.1. The van der Waals surface area contributed by atoms with Gasteiger partial charge in [-0.2, -0.15) is 0 Å². The molecule has 15 heavy (non-hydrogen) atoms. The van der Waals surface area contributed by atoms with Crippen molar-refractivity contribution >= 4 is 17.5 Å². The van der Waals surface area contributed by atoms with Crippen molar-refractivity contribution < 1.29 is 4.79 Å². The molecule has 4 nitrogen and oxygen atoms in total. The zero-order valence-corrected chi connectivity index (χ0v) is 9.79. The van der Waals surface area contributed by atoms with Crippen LogP contribution in [0.2, 0.25) is 5.28 Å². The van der Waals surface area contributed by atoms with E-state index in [4.69, 9.17) is 11.6 Å². The third kappa shape index (κ3) is 4.34. The fourth-order valence-electron chi connectivity index (χ4n) is 1.14. The van der Waals surface area contributed by atoms with E-state index in [1.165, 1.54) is 0 Å². The topological polar surface area (TPSA) is 46.9 Å². The number of nitrogens with one attached hydrogen (secondary N) is 1. The molecule has 1 N–H and O–H groups in total. The molecule has 0 unspecified atom stereocenters. The van der Waals surface area contributed by atoms with Crippen LogP contribution >= 0.6 is 11.6 Å². The van der Waals surface area contributed by atoms with E-state index in [2.05, 4.69) is 24.1 Å². The Balaban J connectivity index is 2.28. The molecule has 0 aliphatic carbocycles. The summed E-state index contributed by atoms with van der Waals surface area (Å²) in [6, 6.07) is 0. The van der Waals surface area contributed by atoms with E-state index in [-0.39, 0.29) is 12.5 Å². The van der Waals surface area contributed by atoms with Crippen molar-refractivity contribution in [3.63, 3.8) is 0 Å². The Morgan fingerprint density at radius 2 is 2.40 bits per heavy atom. The molecule has 0 atom stereocenters. The van der Waals surface area contributed by atoms with Crippen LogP contribution in [0.3, 0.4) is 0 Å². The van der Waals surface area contributed by atoms with E-state index >= 15 is 0 Å². The highest BCUT2D eigenvalue weighted by Crippen LogP contribution is 2.03. The predicted octanol–water partition coefficient (Wildman–Crippen LogP) is 1.70. The molecule has 0 aliphatic rings. The Hall–Kier alpha value is -1.03. The molecule has 0 saturated heterocycles. The number of carbonyl (C=O) groups excluding carboxylic acids is 1. The maximum atomic E-state index is 11.4. The first-order valence-corrected chi connectivity index (χ1v) is 5.40. The second-order valence-corrected chi connectivity index (χ2v) is 4.19. The van der Waals surface area contributed by atoms with E-state index in [1.54, 1.807) is 17.0 Å². The summed E-state index contributed by atoms with van der Waals surface area (Å²) in [5, 5.41) is 3.17. The summed E-state index contributed by atoms with van der Waals surface area (Å²) in [5.74, 6) is 0.567. The molecule has 1 aromatic heterocycles. The first-order chi connectivity index (χ1) is 7.09. The number of hydrogen-bond donors (Lipinski definition) is 1. The summed E-state index contributed by atoms with van der Waals surface area (Å²) in [7, 11) is 0. The Morgan fingerprint density at radius 3 is 2.93 bits per heavy atom. The van der Waals surface area contributed by atoms with Crippen LogP contribution in [0, 0.1) is 5.92 Å². The molecular formula is C10H16ClN3O. The molecule has 0 spiro atoms. The molecule has 5 heteroatoms.